The van der Waals surface area contributed by atoms with Crippen LogP contribution in [0.5, 0.6) is 0 Å². The Morgan fingerprint density at radius 2 is 2.17 bits per heavy atom. The maximum Gasteiger partial charge on any atom is 0.140 e. The van der Waals surface area contributed by atoms with Crippen LogP contribution in [0, 0.1) is 0 Å². The molecule has 1 aromatic heterocycles. The molecule has 18 heavy (non-hydrogen) atoms. The molecule has 0 aromatic carbocycles. The van der Waals surface area contributed by atoms with Crippen LogP contribution in [0.2, 0.25) is 0 Å². The smallest absolute Gasteiger partial charge is 0.140 e. The molecule has 0 amide bonds. The summed E-state index contributed by atoms with van der Waals surface area (Å²) in [5.41, 5.74) is 1.04. The highest BCUT2D eigenvalue weighted by Gasteiger charge is 2.27. The summed E-state index contributed by atoms with van der Waals surface area (Å²) in [4.78, 5) is 2.45. The molecule has 1 heterocycles. The summed E-state index contributed by atoms with van der Waals surface area (Å²) in [5, 5.41) is 7.52. The van der Waals surface area contributed by atoms with E-state index in [9.17, 15) is 0 Å². The monoisotopic (exact) mass is 251 g/mol. The lowest BCUT2D eigenvalue weighted by molar-refractivity contribution is 0.297. The summed E-state index contributed by atoms with van der Waals surface area (Å²) in [7, 11) is 0. The van der Waals surface area contributed by atoms with Gasteiger partial charge in [0, 0.05) is 18.5 Å². The third-order valence-electron chi connectivity index (χ3n) is 3.59. The van der Waals surface area contributed by atoms with Crippen LogP contribution in [0.1, 0.15) is 50.5 Å². The fraction of sp³-hybridized carbons (Fsp3) is 0.786. The Kier molecular flexibility index (Phi) is 5.20. The molecule has 1 fully saturated rings. The van der Waals surface area contributed by atoms with E-state index in [0.717, 1.165) is 37.6 Å². The molecular weight excluding hydrogens is 226 g/mol. The molecule has 0 radical (unpaired) electrons. The van der Waals surface area contributed by atoms with Crippen LogP contribution in [0.3, 0.4) is 0 Å². The van der Waals surface area contributed by atoms with E-state index in [1.807, 2.05) is 0 Å². The molecule has 1 N–H and O–H groups in total. The topological polar surface area (TPSA) is 41.3 Å². The van der Waals surface area contributed by atoms with E-state index < -0.39 is 0 Å². The van der Waals surface area contributed by atoms with Gasteiger partial charge in [0.2, 0.25) is 0 Å². The first-order chi connectivity index (χ1) is 8.83. The van der Waals surface area contributed by atoms with Gasteiger partial charge in [0.05, 0.1) is 5.69 Å². The number of hydrogen-bond donors (Lipinski definition) is 1. The van der Waals surface area contributed by atoms with Gasteiger partial charge in [-0.25, -0.2) is 0 Å². The SMILES string of the molecule is CCN(CC)CCCNCc1cc(C2CC2)on1. The van der Waals surface area contributed by atoms with Crippen LogP contribution < -0.4 is 5.32 Å². The average molecular weight is 251 g/mol. The average Bonchev–Trinajstić information content (AvgIpc) is 3.14. The predicted octanol–water partition coefficient (Wildman–Crippen LogP) is 2.37. The van der Waals surface area contributed by atoms with E-state index in [1.54, 1.807) is 0 Å². The number of rotatable bonds is 9. The molecule has 1 saturated carbocycles. The number of nitrogens with one attached hydrogen (secondary N) is 1. The van der Waals surface area contributed by atoms with E-state index in [2.05, 4.69) is 35.3 Å². The van der Waals surface area contributed by atoms with Gasteiger partial charge in [0.25, 0.3) is 0 Å². The lowest BCUT2D eigenvalue weighted by Crippen LogP contribution is -2.27. The Hall–Kier alpha value is -0.870. The van der Waals surface area contributed by atoms with Gasteiger partial charge in [-0.2, -0.15) is 0 Å². The minimum absolute atomic E-state index is 0.661. The number of aromatic nitrogens is 1. The Morgan fingerprint density at radius 3 is 2.83 bits per heavy atom. The van der Waals surface area contributed by atoms with E-state index in [0.29, 0.717) is 5.92 Å². The predicted molar refractivity (Wildman–Crippen MR) is 72.6 cm³/mol. The molecule has 1 aliphatic carbocycles. The van der Waals surface area contributed by atoms with Crippen molar-refractivity contribution in [1.29, 1.82) is 0 Å². The lowest BCUT2D eigenvalue weighted by atomic mass is 10.3. The van der Waals surface area contributed by atoms with Gasteiger partial charge < -0.3 is 14.7 Å². The Bertz CT molecular complexity index is 343. The van der Waals surface area contributed by atoms with E-state index in [4.69, 9.17) is 4.52 Å². The third-order valence-corrected chi connectivity index (χ3v) is 3.59. The first-order valence-electron chi connectivity index (χ1n) is 7.22. The Morgan fingerprint density at radius 1 is 1.39 bits per heavy atom. The van der Waals surface area contributed by atoms with Crippen LogP contribution >= 0.6 is 0 Å². The molecule has 0 aliphatic heterocycles. The van der Waals surface area contributed by atoms with Crippen molar-refractivity contribution in [1.82, 2.24) is 15.4 Å². The summed E-state index contributed by atoms with van der Waals surface area (Å²) in [6, 6.07) is 2.11. The summed E-state index contributed by atoms with van der Waals surface area (Å²) < 4.78 is 5.32. The van der Waals surface area contributed by atoms with Crippen molar-refractivity contribution in [3.8, 4) is 0 Å². The van der Waals surface area contributed by atoms with Crippen molar-refractivity contribution in [3.05, 3.63) is 17.5 Å². The Labute approximate surface area is 110 Å². The quantitative estimate of drug-likeness (QED) is 0.684. The molecular formula is C14H25N3O. The molecule has 2 rings (SSSR count). The van der Waals surface area contributed by atoms with Gasteiger partial charge in [-0.3, -0.25) is 0 Å². The van der Waals surface area contributed by atoms with E-state index in [-0.39, 0.29) is 0 Å². The third kappa shape index (κ3) is 4.10. The van der Waals surface area contributed by atoms with E-state index >= 15 is 0 Å². The molecule has 0 saturated heterocycles. The van der Waals surface area contributed by atoms with Gasteiger partial charge in [0.1, 0.15) is 5.76 Å². The second kappa shape index (κ2) is 6.90. The van der Waals surface area contributed by atoms with Crippen molar-refractivity contribution < 1.29 is 4.52 Å². The van der Waals surface area contributed by atoms with Crippen molar-refractivity contribution in [2.75, 3.05) is 26.2 Å². The van der Waals surface area contributed by atoms with Crippen molar-refractivity contribution in [2.24, 2.45) is 0 Å². The molecule has 1 aromatic rings. The standard InChI is InChI=1S/C14H25N3O/c1-3-17(4-2)9-5-8-15-11-13-10-14(18-16-13)12-6-7-12/h10,12,15H,3-9,11H2,1-2H3. The minimum atomic E-state index is 0.661. The van der Waals surface area contributed by atoms with Gasteiger partial charge in [-0.1, -0.05) is 19.0 Å². The van der Waals surface area contributed by atoms with Gasteiger partial charge in [-0.05, 0) is 45.4 Å². The molecule has 4 heteroatoms. The van der Waals surface area contributed by atoms with Crippen molar-refractivity contribution >= 4 is 0 Å². The maximum atomic E-state index is 5.32. The normalized spacial score (nSPS) is 15.5. The van der Waals surface area contributed by atoms with Gasteiger partial charge in [0.15, 0.2) is 0 Å². The molecule has 0 unspecified atom stereocenters. The van der Waals surface area contributed by atoms with Crippen LogP contribution in [0.15, 0.2) is 10.6 Å². The molecule has 4 nitrogen and oxygen atoms in total. The summed E-state index contributed by atoms with van der Waals surface area (Å²) in [6.45, 7) is 9.76. The van der Waals surface area contributed by atoms with Crippen LogP contribution in [0.4, 0.5) is 0 Å². The van der Waals surface area contributed by atoms with Crippen molar-refractivity contribution in [3.63, 3.8) is 0 Å². The molecule has 102 valence electrons. The summed E-state index contributed by atoms with van der Waals surface area (Å²) >= 11 is 0. The molecule has 0 bridgehead atoms. The van der Waals surface area contributed by atoms with Crippen LogP contribution in [-0.2, 0) is 6.54 Å². The molecule has 0 spiro atoms. The molecule has 1 aliphatic rings. The summed E-state index contributed by atoms with van der Waals surface area (Å²) in [6.07, 6.45) is 3.73. The van der Waals surface area contributed by atoms with Crippen molar-refractivity contribution in [2.45, 2.75) is 45.6 Å². The zero-order valence-corrected chi connectivity index (χ0v) is 11.6. The van der Waals surface area contributed by atoms with Gasteiger partial charge in [-0.15, -0.1) is 0 Å². The highest BCUT2D eigenvalue weighted by Crippen LogP contribution is 2.40. The fourth-order valence-electron chi connectivity index (χ4n) is 2.16. The summed E-state index contributed by atoms with van der Waals surface area (Å²) in [5.74, 6) is 1.74. The highest BCUT2D eigenvalue weighted by atomic mass is 16.5. The number of hydrogen-bond acceptors (Lipinski definition) is 4. The Balaban J connectivity index is 1.57. The van der Waals surface area contributed by atoms with Crippen LogP contribution in [-0.4, -0.2) is 36.2 Å². The number of nitrogens with zero attached hydrogens (tertiary/aromatic N) is 2. The minimum Gasteiger partial charge on any atom is -0.361 e. The highest BCUT2D eigenvalue weighted by molar-refractivity contribution is 5.14. The second-order valence-corrected chi connectivity index (χ2v) is 5.05. The second-order valence-electron chi connectivity index (χ2n) is 5.05. The maximum absolute atomic E-state index is 5.32. The zero-order chi connectivity index (χ0) is 12.8. The largest absolute Gasteiger partial charge is 0.361 e. The zero-order valence-electron chi connectivity index (χ0n) is 11.6. The first kappa shape index (κ1) is 13.6. The van der Waals surface area contributed by atoms with E-state index in [1.165, 1.54) is 25.8 Å². The lowest BCUT2D eigenvalue weighted by Gasteiger charge is -2.17. The van der Waals surface area contributed by atoms with Gasteiger partial charge >= 0.3 is 0 Å². The van der Waals surface area contributed by atoms with Crippen LogP contribution in [0.25, 0.3) is 0 Å². The molecule has 0 atom stereocenters. The fourth-order valence-corrected chi connectivity index (χ4v) is 2.16. The first-order valence-corrected chi connectivity index (χ1v) is 7.22.